The van der Waals surface area contributed by atoms with Crippen molar-refractivity contribution in [3.05, 3.63) is 35.4 Å². The number of hydrogen-bond donors (Lipinski definition) is 1. The Hall–Kier alpha value is -1.80. The minimum absolute atomic E-state index is 0.254. The van der Waals surface area contributed by atoms with E-state index in [2.05, 4.69) is 11.8 Å². The summed E-state index contributed by atoms with van der Waals surface area (Å²) in [6, 6.07) is 4.87. The van der Waals surface area contributed by atoms with Gasteiger partial charge in [0.2, 0.25) is 0 Å². The van der Waals surface area contributed by atoms with E-state index in [9.17, 15) is 18.0 Å². The molecule has 0 aliphatic heterocycles. The van der Waals surface area contributed by atoms with E-state index in [4.69, 9.17) is 5.11 Å². The van der Waals surface area contributed by atoms with Gasteiger partial charge in [-0.05, 0) is 12.1 Å². The van der Waals surface area contributed by atoms with Gasteiger partial charge in [0, 0.05) is 11.1 Å². The Bertz CT molecular complexity index is 452. The minimum atomic E-state index is -4.89. The number of carbonyl (C=O) groups excluding carboxylic acids is 1. The van der Waals surface area contributed by atoms with Gasteiger partial charge in [0.05, 0.1) is 0 Å². The van der Waals surface area contributed by atoms with Gasteiger partial charge in [0.25, 0.3) is 5.78 Å². The van der Waals surface area contributed by atoms with Gasteiger partial charge in [0.1, 0.15) is 6.61 Å². The predicted octanol–water partition coefficient (Wildman–Crippen LogP) is 1.78. The molecule has 0 radical (unpaired) electrons. The van der Waals surface area contributed by atoms with Crippen LogP contribution in [0.25, 0.3) is 0 Å². The van der Waals surface area contributed by atoms with Crippen LogP contribution in [0.15, 0.2) is 24.3 Å². The summed E-state index contributed by atoms with van der Waals surface area (Å²) in [7, 11) is 0. The van der Waals surface area contributed by atoms with Crippen molar-refractivity contribution in [2.75, 3.05) is 6.61 Å². The van der Waals surface area contributed by atoms with Crippen molar-refractivity contribution < 1.29 is 23.1 Å². The van der Waals surface area contributed by atoms with Crippen molar-refractivity contribution in [1.29, 1.82) is 0 Å². The second kappa shape index (κ2) is 4.81. The molecule has 1 aromatic carbocycles. The van der Waals surface area contributed by atoms with Crippen LogP contribution in [0, 0.1) is 11.8 Å². The van der Waals surface area contributed by atoms with E-state index in [1.807, 2.05) is 0 Å². The molecule has 2 nitrogen and oxygen atoms in total. The fraction of sp³-hybridized carbons (Fsp3) is 0.182. The Labute approximate surface area is 89.7 Å². The highest BCUT2D eigenvalue weighted by atomic mass is 19.4. The summed E-state index contributed by atoms with van der Waals surface area (Å²) in [5, 5.41) is 8.41. The van der Waals surface area contributed by atoms with E-state index >= 15 is 0 Å². The number of hydrogen-bond acceptors (Lipinski definition) is 2. The SMILES string of the molecule is O=C(c1cccc(C#CCO)c1)C(F)(F)F. The van der Waals surface area contributed by atoms with E-state index < -0.39 is 24.1 Å². The highest BCUT2D eigenvalue weighted by Crippen LogP contribution is 2.21. The lowest BCUT2D eigenvalue weighted by Gasteiger charge is -2.04. The molecule has 0 unspecified atom stereocenters. The molecule has 0 aliphatic carbocycles. The quantitative estimate of drug-likeness (QED) is 0.587. The lowest BCUT2D eigenvalue weighted by molar-refractivity contribution is -0.0885. The maximum atomic E-state index is 12.1. The number of aliphatic hydroxyl groups is 1. The second-order valence-electron chi connectivity index (χ2n) is 2.87. The zero-order valence-electron chi connectivity index (χ0n) is 8.01. The molecule has 0 atom stereocenters. The average molecular weight is 228 g/mol. The first-order valence-corrected chi connectivity index (χ1v) is 4.26. The average Bonchev–Trinajstić information content (AvgIpc) is 2.24. The van der Waals surface area contributed by atoms with Crippen molar-refractivity contribution in [3.8, 4) is 11.8 Å². The fourth-order valence-corrected chi connectivity index (χ4v) is 1.04. The summed E-state index contributed by atoms with van der Waals surface area (Å²) < 4.78 is 36.3. The van der Waals surface area contributed by atoms with Crippen molar-refractivity contribution in [2.45, 2.75) is 6.18 Å². The number of aliphatic hydroxyl groups excluding tert-OH is 1. The smallest absolute Gasteiger partial charge is 0.384 e. The van der Waals surface area contributed by atoms with Gasteiger partial charge in [-0.1, -0.05) is 24.0 Å². The molecule has 5 heteroatoms. The van der Waals surface area contributed by atoms with Gasteiger partial charge in [0.15, 0.2) is 0 Å². The molecule has 0 aromatic heterocycles. The molecule has 0 heterocycles. The summed E-state index contributed by atoms with van der Waals surface area (Å²) in [6.07, 6.45) is -4.89. The van der Waals surface area contributed by atoms with Crippen LogP contribution in [0.1, 0.15) is 15.9 Å². The van der Waals surface area contributed by atoms with Gasteiger partial charge in [-0.15, -0.1) is 0 Å². The lowest BCUT2D eigenvalue weighted by Crippen LogP contribution is -2.22. The molecule has 84 valence electrons. The van der Waals surface area contributed by atoms with Crippen LogP contribution in [0.5, 0.6) is 0 Å². The fourth-order valence-electron chi connectivity index (χ4n) is 1.04. The number of ketones is 1. The van der Waals surface area contributed by atoms with Gasteiger partial charge >= 0.3 is 6.18 Å². The normalized spacial score (nSPS) is 10.5. The van der Waals surface area contributed by atoms with Gasteiger partial charge < -0.3 is 5.11 Å². The van der Waals surface area contributed by atoms with Crippen LogP contribution in [0.4, 0.5) is 13.2 Å². The molecule has 0 bridgehead atoms. The van der Waals surface area contributed by atoms with E-state index in [0.29, 0.717) is 0 Å². The third kappa shape index (κ3) is 3.11. The molecule has 1 rings (SSSR count). The number of Topliss-reactive ketones (excluding diaryl/α,β-unsaturated/α-hetero) is 1. The zero-order chi connectivity index (χ0) is 12.2. The van der Waals surface area contributed by atoms with Gasteiger partial charge in [-0.2, -0.15) is 13.2 Å². The van der Waals surface area contributed by atoms with E-state index in [1.165, 1.54) is 12.1 Å². The third-order valence-corrected chi connectivity index (χ3v) is 1.69. The first kappa shape index (κ1) is 12.3. The number of halogens is 3. The van der Waals surface area contributed by atoms with Crippen molar-refractivity contribution >= 4 is 5.78 Å². The topological polar surface area (TPSA) is 37.3 Å². The van der Waals surface area contributed by atoms with Crippen LogP contribution in [0.3, 0.4) is 0 Å². The van der Waals surface area contributed by atoms with Crippen molar-refractivity contribution in [3.63, 3.8) is 0 Å². The molecular weight excluding hydrogens is 221 g/mol. The molecule has 0 amide bonds. The second-order valence-corrected chi connectivity index (χ2v) is 2.87. The van der Waals surface area contributed by atoms with Gasteiger partial charge in [-0.3, -0.25) is 4.79 Å². The Morgan fingerprint density at radius 3 is 2.62 bits per heavy atom. The minimum Gasteiger partial charge on any atom is -0.384 e. The first-order chi connectivity index (χ1) is 7.45. The molecule has 0 saturated heterocycles. The molecule has 0 fully saturated rings. The Morgan fingerprint density at radius 2 is 2.06 bits per heavy atom. The van der Waals surface area contributed by atoms with Crippen molar-refractivity contribution in [1.82, 2.24) is 0 Å². The Kier molecular flexibility index (Phi) is 3.69. The molecule has 16 heavy (non-hydrogen) atoms. The summed E-state index contributed by atoms with van der Waals surface area (Å²) in [6.45, 7) is -0.391. The van der Waals surface area contributed by atoms with E-state index in [-0.39, 0.29) is 5.56 Å². The number of carbonyl (C=O) groups is 1. The first-order valence-electron chi connectivity index (χ1n) is 4.26. The van der Waals surface area contributed by atoms with E-state index in [0.717, 1.165) is 12.1 Å². The Balaban J connectivity index is 3.04. The molecule has 0 saturated carbocycles. The van der Waals surface area contributed by atoms with Crippen LogP contribution in [-0.2, 0) is 0 Å². The van der Waals surface area contributed by atoms with Gasteiger partial charge in [-0.25, -0.2) is 0 Å². The molecule has 0 aliphatic rings. The molecule has 0 spiro atoms. The summed E-state index contributed by atoms with van der Waals surface area (Å²) in [4.78, 5) is 10.9. The highest BCUT2D eigenvalue weighted by molar-refractivity contribution is 6.00. The molecular formula is C11H7F3O2. The van der Waals surface area contributed by atoms with Crippen LogP contribution in [-0.4, -0.2) is 23.7 Å². The van der Waals surface area contributed by atoms with E-state index in [1.54, 1.807) is 0 Å². The highest BCUT2D eigenvalue weighted by Gasteiger charge is 2.39. The predicted molar refractivity (Wildman–Crippen MR) is 50.8 cm³/mol. The molecule has 1 N–H and O–H groups in total. The van der Waals surface area contributed by atoms with Crippen molar-refractivity contribution in [2.24, 2.45) is 0 Å². The third-order valence-electron chi connectivity index (χ3n) is 1.69. The molecule has 1 aromatic rings. The number of benzene rings is 1. The van der Waals surface area contributed by atoms with Crippen LogP contribution in [0.2, 0.25) is 0 Å². The largest absolute Gasteiger partial charge is 0.454 e. The number of alkyl halides is 3. The maximum absolute atomic E-state index is 12.1. The van der Waals surface area contributed by atoms with Crippen LogP contribution >= 0.6 is 0 Å². The summed E-state index contributed by atoms with van der Waals surface area (Å²) >= 11 is 0. The Morgan fingerprint density at radius 1 is 1.38 bits per heavy atom. The van der Waals surface area contributed by atoms with Crippen LogP contribution < -0.4 is 0 Å². The summed E-state index contributed by atoms with van der Waals surface area (Å²) in [5.41, 5.74) is -0.207. The lowest BCUT2D eigenvalue weighted by atomic mass is 10.1. The number of rotatable bonds is 1. The maximum Gasteiger partial charge on any atom is 0.454 e. The standard InChI is InChI=1S/C11H7F3O2/c12-11(13,14)10(16)9-5-1-3-8(7-9)4-2-6-15/h1,3,5,7,15H,6H2. The monoisotopic (exact) mass is 228 g/mol. The zero-order valence-corrected chi connectivity index (χ0v) is 8.01. The summed E-state index contributed by atoms with van der Waals surface area (Å²) in [5.74, 6) is 2.80.